The molecule has 0 radical (unpaired) electrons. The average molecular weight is 353 g/mol. The van der Waals surface area contributed by atoms with Crippen molar-refractivity contribution >= 4 is 12.1 Å². The summed E-state index contributed by atoms with van der Waals surface area (Å²) in [5, 5.41) is 0. The quantitative estimate of drug-likeness (QED) is 0.623. The minimum absolute atomic E-state index is 0.554. The minimum atomic E-state index is 0.554. The van der Waals surface area contributed by atoms with Crippen molar-refractivity contribution in [2.24, 2.45) is 0 Å². The molecule has 0 saturated carbocycles. The summed E-state index contributed by atoms with van der Waals surface area (Å²) >= 11 is 2.01. The summed E-state index contributed by atoms with van der Waals surface area (Å²) in [6, 6.07) is 23.3. The molecule has 2 saturated heterocycles. The van der Waals surface area contributed by atoms with Gasteiger partial charge in [-0.2, -0.15) is 0 Å². The maximum atomic E-state index is 2.65. The highest BCUT2D eigenvalue weighted by Gasteiger charge is 2.31. The summed E-state index contributed by atoms with van der Waals surface area (Å²) in [4.78, 5) is 0. The second-order valence-corrected chi connectivity index (χ2v) is 8.31. The van der Waals surface area contributed by atoms with Gasteiger partial charge in [-0.15, -0.1) is 0 Å². The van der Waals surface area contributed by atoms with Crippen LogP contribution in [0.4, 0.5) is 0 Å². The van der Waals surface area contributed by atoms with E-state index in [2.05, 4.69) is 69.3 Å². The Kier molecular flexibility index (Phi) is 5.75. The molecule has 4 rings (SSSR count). The first kappa shape index (κ1) is 17.1. The zero-order valence-electron chi connectivity index (χ0n) is 14.9. The van der Waals surface area contributed by atoms with Gasteiger partial charge in [-0.25, -0.2) is 8.61 Å². The highest BCUT2D eigenvalue weighted by Crippen LogP contribution is 2.42. The van der Waals surface area contributed by atoms with E-state index in [1.807, 2.05) is 12.1 Å². The fraction of sp³-hybridized carbons (Fsp3) is 0.455. The smallest absolute Gasteiger partial charge is 0.0464 e. The summed E-state index contributed by atoms with van der Waals surface area (Å²) in [6.45, 7) is 2.39. The third kappa shape index (κ3) is 4.11. The second-order valence-electron chi connectivity index (χ2n) is 7.21. The second kappa shape index (κ2) is 8.39. The molecule has 25 heavy (non-hydrogen) atoms. The van der Waals surface area contributed by atoms with E-state index in [1.54, 1.807) is 0 Å². The van der Waals surface area contributed by atoms with Crippen molar-refractivity contribution in [1.82, 2.24) is 8.61 Å². The van der Waals surface area contributed by atoms with Crippen LogP contribution in [0.15, 0.2) is 60.7 Å². The van der Waals surface area contributed by atoms with Crippen LogP contribution < -0.4 is 0 Å². The maximum Gasteiger partial charge on any atom is 0.0464 e. The van der Waals surface area contributed by atoms with Crippen molar-refractivity contribution in [3.8, 4) is 0 Å². The molecular weight excluding hydrogens is 324 g/mol. The van der Waals surface area contributed by atoms with E-state index in [0.717, 1.165) is 0 Å². The number of piperidine rings is 2. The molecule has 2 aliphatic rings. The minimum Gasteiger partial charge on any atom is -0.230 e. The van der Waals surface area contributed by atoms with Crippen molar-refractivity contribution in [1.29, 1.82) is 0 Å². The number of hydrogen-bond acceptors (Lipinski definition) is 3. The van der Waals surface area contributed by atoms with Crippen LogP contribution in [-0.2, 0) is 0 Å². The summed E-state index contributed by atoms with van der Waals surface area (Å²) < 4.78 is 5.31. The predicted octanol–water partition coefficient (Wildman–Crippen LogP) is 6.00. The first-order valence-electron chi connectivity index (χ1n) is 9.73. The van der Waals surface area contributed by atoms with Gasteiger partial charge < -0.3 is 0 Å². The lowest BCUT2D eigenvalue weighted by molar-refractivity contribution is 0.234. The summed E-state index contributed by atoms with van der Waals surface area (Å²) in [5.41, 5.74) is 2.95. The molecule has 0 N–H and O–H groups in total. The first-order valence-corrected chi connectivity index (χ1v) is 10.5. The molecule has 2 atom stereocenters. The Morgan fingerprint density at radius 2 is 1.04 bits per heavy atom. The van der Waals surface area contributed by atoms with Crippen LogP contribution in [0.2, 0.25) is 0 Å². The van der Waals surface area contributed by atoms with Crippen molar-refractivity contribution in [3.63, 3.8) is 0 Å². The Labute approximate surface area is 156 Å². The van der Waals surface area contributed by atoms with E-state index >= 15 is 0 Å². The van der Waals surface area contributed by atoms with Crippen molar-refractivity contribution in [2.45, 2.75) is 50.6 Å². The molecule has 0 amide bonds. The topological polar surface area (TPSA) is 6.48 Å². The first-order chi connectivity index (χ1) is 12.4. The monoisotopic (exact) mass is 352 g/mol. The number of rotatable bonds is 4. The largest absolute Gasteiger partial charge is 0.230 e. The van der Waals surface area contributed by atoms with E-state index < -0.39 is 0 Å². The number of nitrogens with zero attached hydrogens (tertiary/aromatic N) is 2. The number of benzene rings is 2. The molecule has 2 aromatic carbocycles. The number of hydrogen-bond donors (Lipinski definition) is 0. The molecule has 0 bridgehead atoms. The molecular formula is C22H28N2S. The van der Waals surface area contributed by atoms with Crippen molar-refractivity contribution in [3.05, 3.63) is 71.8 Å². The van der Waals surface area contributed by atoms with Gasteiger partial charge in [0.15, 0.2) is 0 Å². The summed E-state index contributed by atoms with van der Waals surface area (Å²) in [6.07, 6.45) is 7.89. The average Bonchev–Trinajstić information content (AvgIpc) is 2.70. The van der Waals surface area contributed by atoms with E-state index in [4.69, 9.17) is 0 Å². The van der Waals surface area contributed by atoms with E-state index in [9.17, 15) is 0 Å². The Morgan fingerprint density at radius 1 is 0.600 bits per heavy atom. The van der Waals surface area contributed by atoms with Crippen LogP contribution in [0, 0.1) is 0 Å². The normalized spacial score (nSPS) is 25.8. The van der Waals surface area contributed by atoms with Crippen molar-refractivity contribution < 1.29 is 0 Å². The van der Waals surface area contributed by atoms with E-state index in [1.165, 1.54) is 62.7 Å². The zero-order valence-corrected chi connectivity index (χ0v) is 15.7. The van der Waals surface area contributed by atoms with Gasteiger partial charge in [0.2, 0.25) is 0 Å². The Morgan fingerprint density at radius 3 is 1.48 bits per heavy atom. The van der Waals surface area contributed by atoms with Gasteiger partial charge >= 0.3 is 0 Å². The maximum absolute atomic E-state index is 2.65. The summed E-state index contributed by atoms with van der Waals surface area (Å²) in [7, 11) is 0. The van der Waals surface area contributed by atoms with Crippen LogP contribution in [0.3, 0.4) is 0 Å². The third-order valence-electron chi connectivity index (χ3n) is 5.49. The van der Waals surface area contributed by atoms with Crippen LogP contribution >= 0.6 is 12.1 Å². The molecule has 0 aliphatic carbocycles. The van der Waals surface area contributed by atoms with Crippen LogP contribution in [0.1, 0.15) is 61.7 Å². The molecule has 2 fully saturated rings. The van der Waals surface area contributed by atoms with Gasteiger partial charge in [-0.05, 0) is 36.8 Å². The van der Waals surface area contributed by atoms with Gasteiger partial charge in [-0.1, -0.05) is 73.5 Å². The van der Waals surface area contributed by atoms with Gasteiger partial charge in [0.05, 0.1) is 0 Å². The van der Waals surface area contributed by atoms with Gasteiger partial charge in [-0.3, -0.25) is 0 Å². The fourth-order valence-electron chi connectivity index (χ4n) is 4.16. The molecule has 3 heteroatoms. The van der Waals surface area contributed by atoms with E-state index in [0.29, 0.717) is 12.1 Å². The Hall–Kier alpha value is -1.29. The molecule has 2 nitrogen and oxygen atoms in total. The fourth-order valence-corrected chi connectivity index (χ4v) is 5.53. The third-order valence-corrected chi connectivity index (χ3v) is 6.78. The van der Waals surface area contributed by atoms with Crippen LogP contribution in [0.25, 0.3) is 0 Å². The molecule has 0 aromatic heterocycles. The Bertz CT molecular complexity index is 588. The SMILES string of the molecule is c1ccc(C2CCCCN2SN2CCCCC2c2ccccc2)cc1. The molecule has 0 spiro atoms. The van der Waals surface area contributed by atoms with Gasteiger partial charge in [0.25, 0.3) is 0 Å². The van der Waals surface area contributed by atoms with E-state index in [-0.39, 0.29) is 0 Å². The standard InChI is InChI=1S/C22H28N2S/c1-3-11-19(12-4-1)21-15-7-9-17-23(21)25-24-18-10-8-16-22(24)20-13-5-2-6-14-20/h1-6,11-14,21-22H,7-10,15-18H2. The highest BCUT2D eigenvalue weighted by atomic mass is 32.2. The molecule has 2 aromatic rings. The molecule has 2 heterocycles. The molecule has 132 valence electrons. The van der Waals surface area contributed by atoms with Crippen LogP contribution in [0.5, 0.6) is 0 Å². The molecule has 2 unspecified atom stereocenters. The highest BCUT2D eigenvalue weighted by molar-refractivity contribution is 7.94. The zero-order chi connectivity index (χ0) is 16.9. The lowest BCUT2D eigenvalue weighted by atomic mass is 9.97. The molecule has 2 aliphatic heterocycles. The van der Waals surface area contributed by atoms with Crippen molar-refractivity contribution in [2.75, 3.05) is 13.1 Å². The lowest BCUT2D eigenvalue weighted by Gasteiger charge is -2.42. The van der Waals surface area contributed by atoms with Gasteiger partial charge in [0, 0.05) is 37.3 Å². The predicted molar refractivity (Wildman–Crippen MR) is 107 cm³/mol. The van der Waals surface area contributed by atoms with Crippen LogP contribution in [-0.4, -0.2) is 21.7 Å². The lowest BCUT2D eigenvalue weighted by Crippen LogP contribution is -2.36. The summed E-state index contributed by atoms with van der Waals surface area (Å²) in [5.74, 6) is 0. The van der Waals surface area contributed by atoms with Gasteiger partial charge in [0.1, 0.15) is 0 Å². The Balaban J connectivity index is 1.52.